The topological polar surface area (TPSA) is 66.8 Å². The van der Waals surface area contributed by atoms with Gasteiger partial charge in [0.2, 0.25) is 0 Å². The summed E-state index contributed by atoms with van der Waals surface area (Å²) in [6, 6.07) is 10.3. The van der Waals surface area contributed by atoms with Gasteiger partial charge in [0.05, 0.1) is 7.11 Å². The molecule has 1 atom stereocenters. The highest BCUT2D eigenvalue weighted by molar-refractivity contribution is 9.10. The van der Waals surface area contributed by atoms with Gasteiger partial charge in [0, 0.05) is 10.4 Å². The fourth-order valence-corrected chi connectivity index (χ4v) is 2.91. The molecule has 4 nitrogen and oxygen atoms in total. The van der Waals surface area contributed by atoms with Crippen molar-refractivity contribution >= 4 is 22.2 Å². The second kappa shape index (κ2) is 8.02. The van der Waals surface area contributed by atoms with Crippen molar-refractivity contribution in [1.82, 2.24) is 0 Å². The Morgan fingerprint density at radius 3 is 2.52 bits per heavy atom. The predicted octanol–water partition coefficient (Wildman–Crippen LogP) is 3.86. The molecule has 2 aromatic rings. The lowest BCUT2D eigenvalue weighted by Gasteiger charge is -2.13. The molecule has 0 aromatic heterocycles. The highest BCUT2D eigenvalue weighted by atomic mass is 79.9. The van der Waals surface area contributed by atoms with Crippen LogP contribution in [0.3, 0.4) is 0 Å². The minimum absolute atomic E-state index is 0.0638. The summed E-state index contributed by atoms with van der Waals surface area (Å²) >= 11 is 3.45. The van der Waals surface area contributed by atoms with Gasteiger partial charge in [-0.1, -0.05) is 28.1 Å². The molecule has 1 unspecified atom stereocenters. The quantitative estimate of drug-likeness (QED) is 0.717. The molecule has 0 heterocycles. The van der Waals surface area contributed by atoms with Crippen LogP contribution in [0, 0.1) is 5.92 Å². The Morgan fingerprint density at radius 2 is 1.91 bits per heavy atom. The first-order valence-electron chi connectivity index (χ1n) is 7.32. The Balaban J connectivity index is 2.03. The van der Waals surface area contributed by atoms with Crippen molar-refractivity contribution in [3.8, 4) is 17.2 Å². The van der Waals surface area contributed by atoms with Crippen LogP contribution >= 0.6 is 15.9 Å². The number of methoxy groups -OCH3 is 1. The SMILES string of the molecule is COc1cc(Br)c(CC(C=O)CCc2ccc(O)cc2)cc1O. The van der Waals surface area contributed by atoms with Crippen molar-refractivity contribution in [2.45, 2.75) is 19.3 Å². The normalized spacial score (nSPS) is 11.9. The third-order valence-electron chi connectivity index (χ3n) is 3.76. The van der Waals surface area contributed by atoms with E-state index in [2.05, 4.69) is 15.9 Å². The molecular weight excluding hydrogens is 360 g/mol. The number of halogens is 1. The molecule has 0 spiro atoms. The van der Waals surface area contributed by atoms with Gasteiger partial charge in [-0.3, -0.25) is 0 Å². The van der Waals surface area contributed by atoms with Gasteiger partial charge in [0.15, 0.2) is 11.5 Å². The number of carbonyl (C=O) groups excluding carboxylic acids is 1. The average molecular weight is 379 g/mol. The van der Waals surface area contributed by atoms with Crippen LogP contribution < -0.4 is 4.74 Å². The molecule has 0 bridgehead atoms. The zero-order valence-electron chi connectivity index (χ0n) is 12.8. The van der Waals surface area contributed by atoms with Crippen molar-refractivity contribution in [1.29, 1.82) is 0 Å². The zero-order chi connectivity index (χ0) is 16.8. The standard InChI is InChI=1S/C18H19BrO4/c1-23-18-10-16(19)14(9-17(18)22)8-13(11-20)3-2-12-4-6-15(21)7-5-12/h4-7,9-11,13,21-22H,2-3,8H2,1H3. The summed E-state index contributed by atoms with van der Waals surface area (Å²) in [7, 11) is 1.49. The molecule has 5 heteroatoms. The van der Waals surface area contributed by atoms with Gasteiger partial charge in [0.1, 0.15) is 12.0 Å². The van der Waals surface area contributed by atoms with E-state index in [1.54, 1.807) is 24.3 Å². The molecule has 122 valence electrons. The Hall–Kier alpha value is -2.01. The molecule has 0 fully saturated rings. The number of hydrogen-bond donors (Lipinski definition) is 2. The number of hydrogen-bond acceptors (Lipinski definition) is 4. The lowest BCUT2D eigenvalue weighted by molar-refractivity contribution is -0.111. The molecule has 0 amide bonds. The van der Waals surface area contributed by atoms with Gasteiger partial charge in [0.25, 0.3) is 0 Å². The number of aromatic hydroxyl groups is 2. The van der Waals surface area contributed by atoms with Crippen LogP contribution in [0.15, 0.2) is 40.9 Å². The second-order valence-electron chi connectivity index (χ2n) is 5.42. The molecule has 0 saturated heterocycles. The minimum Gasteiger partial charge on any atom is -0.508 e. The molecule has 0 aliphatic carbocycles. The van der Waals surface area contributed by atoms with E-state index in [0.717, 1.165) is 28.3 Å². The van der Waals surface area contributed by atoms with Crippen molar-refractivity contribution < 1.29 is 19.7 Å². The third-order valence-corrected chi connectivity index (χ3v) is 4.50. The lowest BCUT2D eigenvalue weighted by atomic mass is 9.94. The maximum Gasteiger partial charge on any atom is 0.161 e. The average Bonchev–Trinajstić information content (AvgIpc) is 2.55. The van der Waals surface area contributed by atoms with E-state index in [-0.39, 0.29) is 17.4 Å². The lowest BCUT2D eigenvalue weighted by Crippen LogP contribution is -2.08. The largest absolute Gasteiger partial charge is 0.508 e. The number of benzene rings is 2. The fourth-order valence-electron chi connectivity index (χ4n) is 2.42. The Kier molecular flexibility index (Phi) is 6.04. The van der Waals surface area contributed by atoms with E-state index < -0.39 is 0 Å². The van der Waals surface area contributed by atoms with E-state index in [1.165, 1.54) is 7.11 Å². The molecule has 2 N–H and O–H groups in total. The van der Waals surface area contributed by atoms with Crippen LogP contribution in [0.2, 0.25) is 0 Å². The molecule has 2 rings (SSSR count). The summed E-state index contributed by atoms with van der Waals surface area (Å²) in [5.74, 6) is 0.549. The molecule has 0 aliphatic rings. The maximum atomic E-state index is 11.4. The Labute approximate surface area is 143 Å². The molecule has 2 aromatic carbocycles. The van der Waals surface area contributed by atoms with E-state index in [0.29, 0.717) is 18.6 Å². The smallest absolute Gasteiger partial charge is 0.161 e. The summed E-state index contributed by atoms with van der Waals surface area (Å²) in [5.41, 5.74) is 1.94. The molecule has 23 heavy (non-hydrogen) atoms. The third kappa shape index (κ3) is 4.73. The molecule has 0 aliphatic heterocycles. The first-order chi connectivity index (χ1) is 11.0. The minimum atomic E-state index is -0.145. The van der Waals surface area contributed by atoms with Gasteiger partial charge in [-0.15, -0.1) is 0 Å². The number of aryl methyl sites for hydroxylation is 1. The van der Waals surface area contributed by atoms with Gasteiger partial charge in [-0.25, -0.2) is 0 Å². The van der Waals surface area contributed by atoms with Crippen molar-refractivity contribution in [2.24, 2.45) is 5.92 Å². The van der Waals surface area contributed by atoms with Crippen LogP contribution in [-0.4, -0.2) is 23.6 Å². The highest BCUT2D eigenvalue weighted by Gasteiger charge is 2.14. The first kappa shape index (κ1) is 17.3. The van der Waals surface area contributed by atoms with Crippen molar-refractivity contribution in [3.63, 3.8) is 0 Å². The Morgan fingerprint density at radius 1 is 1.22 bits per heavy atom. The number of rotatable bonds is 7. The van der Waals surface area contributed by atoms with Crippen molar-refractivity contribution in [3.05, 3.63) is 52.0 Å². The summed E-state index contributed by atoms with van der Waals surface area (Å²) in [5, 5.41) is 19.2. The molecular formula is C18H19BrO4. The van der Waals surface area contributed by atoms with Gasteiger partial charge in [-0.2, -0.15) is 0 Å². The number of carbonyl (C=O) groups is 1. The van der Waals surface area contributed by atoms with E-state index in [9.17, 15) is 15.0 Å². The monoisotopic (exact) mass is 378 g/mol. The van der Waals surface area contributed by atoms with E-state index in [1.807, 2.05) is 12.1 Å². The van der Waals surface area contributed by atoms with Crippen LogP contribution in [0.4, 0.5) is 0 Å². The molecule has 0 radical (unpaired) electrons. The zero-order valence-corrected chi connectivity index (χ0v) is 14.4. The van der Waals surface area contributed by atoms with Gasteiger partial charge >= 0.3 is 0 Å². The van der Waals surface area contributed by atoms with Crippen LogP contribution in [0.25, 0.3) is 0 Å². The van der Waals surface area contributed by atoms with Crippen LogP contribution in [-0.2, 0) is 17.6 Å². The summed E-state index contributed by atoms with van der Waals surface area (Å²) < 4.78 is 5.87. The van der Waals surface area contributed by atoms with Crippen LogP contribution in [0.1, 0.15) is 17.5 Å². The first-order valence-corrected chi connectivity index (χ1v) is 8.11. The maximum absolute atomic E-state index is 11.4. The Bertz CT molecular complexity index is 667. The highest BCUT2D eigenvalue weighted by Crippen LogP contribution is 2.33. The number of phenolic OH excluding ortho intramolecular Hbond substituents is 2. The predicted molar refractivity (Wildman–Crippen MR) is 92.0 cm³/mol. The fraction of sp³-hybridized carbons (Fsp3) is 0.278. The number of aldehydes is 1. The summed E-state index contributed by atoms with van der Waals surface area (Å²) in [6.45, 7) is 0. The number of ether oxygens (including phenoxy) is 1. The number of phenols is 2. The second-order valence-corrected chi connectivity index (χ2v) is 6.28. The van der Waals surface area contributed by atoms with Crippen molar-refractivity contribution in [2.75, 3.05) is 7.11 Å². The van der Waals surface area contributed by atoms with Crippen LogP contribution in [0.5, 0.6) is 17.2 Å². The van der Waals surface area contributed by atoms with E-state index >= 15 is 0 Å². The summed E-state index contributed by atoms with van der Waals surface area (Å²) in [4.78, 5) is 11.4. The van der Waals surface area contributed by atoms with Gasteiger partial charge < -0.3 is 19.7 Å². The molecule has 0 saturated carbocycles. The summed E-state index contributed by atoms with van der Waals surface area (Å²) in [6.07, 6.45) is 2.95. The van der Waals surface area contributed by atoms with E-state index in [4.69, 9.17) is 4.74 Å². The van der Waals surface area contributed by atoms with Gasteiger partial charge in [-0.05, 0) is 54.7 Å².